The normalized spacial score (nSPS) is 11.1. The van der Waals surface area contributed by atoms with Gasteiger partial charge in [0.2, 0.25) is 0 Å². The van der Waals surface area contributed by atoms with Crippen molar-refractivity contribution in [1.29, 1.82) is 0 Å². The first-order chi connectivity index (χ1) is 6.65. The van der Waals surface area contributed by atoms with Gasteiger partial charge in [0.25, 0.3) is 0 Å². The van der Waals surface area contributed by atoms with E-state index in [0.717, 1.165) is 22.2 Å². The first-order valence-electron chi connectivity index (χ1n) is 4.35. The van der Waals surface area contributed by atoms with Crippen LogP contribution in [0.25, 0.3) is 11.0 Å². The number of aliphatic hydroxyl groups is 1. The molecule has 2 heterocycles. The number of hydrogen-bond acceptors (Lipinski definition) is 2. The van der Waals surface area contributed by atoms with Crippen LogP contribution in [0.15, 0.2) is 12.4 Å². The maximum atomic E-state index is 9.16. The van der Waals surface area contributed by atoms with Crippen LogP contribution in [0.5, 0.6) is 0 Å². The lowest BCUT2D eigenvalue weighted by molar-refractivity contribution is 0.283. The molecule has 1 N–H and O–H groups in total. The zero-order valence-corrected chi connectivity index (χ0v) is 8.84. The Morgan fingerprint density at radius 2 is 2.29 bits per heavy atom. The molecule has 0 spiro atoms. The zero-order valence-electron chi connectivity index (χ0n) is 8.08. The molecule has 14 heavy (non-hydrogen) atoms. The van der Waals surface area contributed by atoms with Crippen LogP contribution in [-0.4, -0.2) is 14.7 Å². The smallest absolute Gasteiger partial charge is 0.141 e. The van der Waals surface area contributed by atoms with E-state index in [1.54, 1.807) is 6.20 Å². The van der Waals surface area contributed by atoms with Gasteiger partial charge in [-0.2, -0.15) is 0 Å². The Bertz CT molecular complexity index is 490. The predicted molar refractivity (Wildman–Crippen MR) is 56.4 cm³/mol. The van der Waals surface area contributed by atoms with Crippen LogP contribution in [-0.2, 0) is 13.7 Å². The van der Waals surface area contributed by atoms with E-state index in [-0.39, 0.29) is 6.61 Å². The van der Waals surface area contributed by atoms with Gasteiger partial charge in [-0.25, -0.2) is 4.98 Å². The largest absolute Gasteiger partial charge is 0.392 e. The molecule has 0 aliphatic heterocycles. The summed E-state index contributed by atoms with van der Waals surface area (Å²) < 4.78 is 1.87. The lowest BCUT2D eigenvalue weighted by Gasteiger charge is -2.00. The minimum absolute atomic E-state index is 0.0117. The molecule has 0 radical (unpaired) electrons. The average molecular weight is 211 g/mol. The van der Waals surface area contributed by atoms with E-state index in [2.05, 4.69) is 4.98 Å². The van der Waals surface area contributed by atoms with E-state index >= 15 is 0 Å². The number of fused-ring (bicyclic) bond motifs is 1. The number of pyridine rings is 1. The van der Waals surface area contributed by atoms with Crippen molar-refractivity contribution >= 4 is 22.6 Å². The third-order valence-electron chi connectivity index (χ3n) is 2.34. The van der Waals surface area contributed by atoms with Gasteiger partial charge in [-0.15, -0.1) is 0 Å². The summed E-state index contributed by atoms with van der Waals surface area (Å²) in [5.74, 6) is 0. The third kappa shape index (κ3) is 1.21. The van der Waals surface area contributed by atoms with Crippen LogP contribution in [0.4, 0.5) is 0 Å². The Morgan fingerprint density at radius 3 is 2.93 bits per heavy atom. The molecule has 0 saturated heterocycles. The average Bonchev–Trinajstić information content (AvgIpc) is 2.50. The summed E-state index contributed by atoms with van der Waals surface area (Å²) in [5.41, 5.74) is 2.56. The molecule has 0 aliphatic rings. The molecule has 0 fully saturated rings. The van der Waals surface area contributed by atoms with Crippen molar-refractivity contribution in [3.63, 3.8) is 0 Å². The molecule has 2 aromatic rings. The van der Waals surface area contributed by atoms with E-state index in [4.69, 9.17) is 16.7 Å². The van der Waals surface area contributed by atoms with Crippen LogP contribution in [0.1, 0.15) is 11.1 Å². The van der Waals surface area contributed by atoms with Gasteiger partial charge in [-0.3, -0.25) is 0 Å². The van der Waals surface area contributed by atoms with Gasteiger partial charge in [-0.1, -0.05) is 11.6 Å². The van der Waals surface area contributed by atoms with Crippen molar-refractivity contribution in [2.45, 2.75) is 13.5 Å². The van der Waals surface area contributed by atoms with Crippen molar-refractivity contribution in [2.75, 3.05) is 0 Å². The molecule has 0 unspecified atom stereocenters. The van der Waals surface area contributed by atoms with Crippen LogP contribution >= 0.6 is 11.6 Å². The number of nitrogens with zero attached hydrogens (tertiary/aromatic N) is 2. The molecule has 4 heteroatoms. The van der Waals surface area contributed by atoms with E-state index in [0.29, 0.717) is 5.02 Å². The van der Waals surface area contributed by atoms with E-state index in [1.165, 1.54) is 0 Å². The van der Waals surface area contributed by atoms with Gasteiger partial charge >= 0.3 is 0 Å². The molecule has 2 aromatic heterocycles. The molecule has 0 atom stereocenters. The minimum Gasteiger partial charge on any atom is -0.392 e. The lowest BCUT2D eigenvalue weighted by atomic mass is 10.2. The van der Waals surface area contributed by atoms with E-state index in [9.17, 15) is 0 Å². The van der Waals surface area contributed by atoms with Crippen molar-refractivity contribution in [3.8, 4) is 0 Å². The number of aliphatic hydroxyl groups excluding tert-OH is 1. The Balaban J connectivity index is 2.91. The Morgan fingerprint density at radius 1 is 1.57 bits per heavy atom. The number of aromatic nitrogens is 2. The molecule has 0 amide bonds. The lowest BCUT2D eigenvalue weighted by Crippen LogP contribution is -1.88. The van der Waals surface area contributed by atoms with Crippen molar-refractivity contribution in [1.82, 2.24) is 9.55 Å². The molecule has 0 saturated carbocycles. The Hall–Kier alpha value is -1.06. The quantitative estimate of drug-likeness (QED) is 0.782. The standard InChI is InChI=1S/C10H11ClN2O/c1-6-3-12-10-8(9(6)11)7(5-14)4-13(10)2/h3-4,14H,5H2,1-2H3. The van der Waals surface area contributed by atoms with Crippen LogP contribution in [0.2, 0.25) is 5.02 Å². The summed E-state index contributed by atoms with van der Waals surface area (Å²) >= 11 is 6.16. The van der Waals surface area contributed by atoms with Crippen LogP contribution in [0.3, 0.4) is 0 Å². The monoisotopic (exact) mass is 210 g/mol. The highest BCUT2D eigenvalue weighted by Gasteiger charge is 2.11. The number of hydrogen-bond donors (Lipinski definition) is 1. The second-order valence-corrected chi connectivity index (χ2v) is 3.76. The summed E-state index contributed by atoms with van der Waals surface area (Å²) in [5, 5.41) is 10.7. The van der Waals surface area contributed by atoms with Gasteiger partial charge < -0.3 is 9.67 Å². The Kier molecular flexibility index (Phi) is 2.21. The highest BCUT2D eigenvalue weighted by Crippen LogP contribution is 2.29. The highest BCUT2D eigenvalue weighted by molar-refractivity contribution is 6.36. The van der Waals surface area contributed by atoms with Gasteiger partial charge in [-0.05, 0) is 12.5 Å². The maximum Gasteiger partial charge on any atom is 0.141 e. The first kappa shape index (κ1) is 9.49. The van der Waals surface area contributed by atoms with E-state index < -0.39 is 0 Å². The van der Waals surface area contributed by atoms with Crippen molar-refractivity contribution < 1.29 is 5.11 Å². The molecule has 74 valence electrons. The molecule has 0 aliphatic carbocycles. The number of rotatable bonds is 1. The topological polar surface area (TPSA) is 38.1 Å². The third-order valence-corrected chi connectivity index (χ3v) is 2.83. The summed E-state index contributed by atoms with van der Waals surface area (Å²) in [7, 11) is 1.89. The first-order valence-corrected chi connectivity index (χ1v) is 4.72. The SMILES string of the molecule is Cc1cnc2c(c(CO)cn2C)c1Cl. The predicted octanol–water partition coefficient (Wildman–Crippen LogP) is 2.03. The highest BCUT2D eigenvalue weighted by atomic mass is 35.5. The second kappa shape index (κ2) is 3.26. The molecular weight excluding hydrogens is 200 g/mol. The summed E-state index contributed by atoms with van der Waals surface area (Å²) in [4.78, 5) is 4.28. The summed E-state index contributed by atoms with van der Waals surface area (Å²) in [6.07, 6.45) is 3.59. The maximum absolute atomic E-state index is 9.16. The fourth-order valence-electron chi connectivity index (χ4n) is 1.61. The van der Waals surface area contributed by atoms with Crippen LogP contribution < -0.4 is 0 Å². The number of aryl methyl sites for hydroxylation is 2. The fraction of sp³-hybridized carbons (Fsp3) is 0.300. The summed E-state index contributed by atoms with van der Waals surface area (Å²) in [6, 6.07) is 0. The molecule has 0 aromatic carbocycles. The van der Waals surface area contributed by atoms with Crippen molar-refractivity contribution in [3.05, 3.63) is 28.5 Å². The molecular formula is C10H11ClN2O. The van der Waals surface area contributed by atoms with Gasteiger partial charge in [0, 0.05) is 30.4 Å². The van der Waals surface area contributed by atoms with Gasteiger partial charge in [0.1, 0.15) is 5.65 Å². The summed E-state index contributed by atoms with van der Waals surface area (Å²) in [6.45, 7) is 1.89. The zero-order chi connectivity index (χ0) is 10.3. The second-order valence-electron chi connectivity index (χ2n) is 3.38. The van der Waals surface area contributed by atoms with Crippen LogP contribution in [0, 0.1) is 6.92 Å². The number of halogens is 1. The van der Waals surface area contributed by atoms with Gasteiger partial charge in [0.05, 0.1) is 11.6 Å². The van der Waals surface area contributed by atoms with Crippen molar-refractivity contribution in [2.24, 2.45) is 7.05 Å². The molecule has 2 rings (SSSR count). The Labute approximate surface area is 86.9 Å². The molecule has 3 nitrogen and oxygen atoms in total. The van der Waals surface area contributed by atoms with Gasteiger partial charge in [0.15, 0.2) is 0 Å². The minimum atomic E-state index is -0.0117. The fourth-order valence-corrected chi connectivity index (χ4v) is 1.86. The van der Waals surface area contributed by atoms with E-state index in [1.807, 2.05) is 24.7 Å². The molecule has 0 bridgehead atoms.